The molecule has 1 aromatic rings. The van der Waals surface area contributed by atoms with E-state index in [0.29, 0.717) is 17.3 Å². The minimum Gasteiger partial charge on any atom is -0.351 e. The lowest BCUT2D eigenvalue weighted by molar-refractivity contribution is -0.125. The first kappa shape index (κ1) is 14.6. The third-order valence-electron chi connectivity index (χ3n) is 3.67. The van der Waals surface area contributed by atoms with E-state index in [1.807, 2.05) is 53.9 Å². The van der Waals surface area contributed by atoms with Crippen molar-refractivity contribution < 1.29 is 4.79 Å². The lowest BCUT2D eigenvalue weighted by Gasteiger charge is -2.27. The first-order valence-electron chi connectivity index (χ1n) is 6.72. The Morgan fingerprint density at radius 1 is 1.30 bits per heavy atom. The van der Waals surface area contributed by atoms with Crippen LogP contribution < -0.4 is 5.32 Å². The van der Waals surface area contributed by atoms with Gasteiger partial charge in [-0.1, -0.05) is 30.3 Å². The minimum atomic E-state index is 0.000798. The molecule has 0 unspecified atom stereocenters. The Morgan fingerprint density at radius 3 is 2.85 bits per heavy atom. The highest BCUT2D eigenvalue weighted by molar-refractivity contribution is 8.05. The first-order valence-corrected chi connectivity index (χ1v) is 9.45. The van der Waals surface area contributed by atoms with Crippen LogP contribution in [0.5, 0.6) is 0 Å². The zero-order chi connectivity index (χ0) is 13.9. The summed E-state index contributed by atoms with van der Waals surface area (Å²) in [6.45, 7) is 0.609. The first-order chi connectivity index (χ1) is 9.79. The fourth-order valence-corrected chi connectivity index (χ4v) is 6.16. The highest BCUT2D eigenvalue weighted by Crippen LogP contribution is 2.42. The monoisotopic (exact) mass is 326 g/mol. The number of nitrogens with one attached hydrogen (secondary N) is 1. The molecule has 6 heteroatoms. The summed E-state index contributed by atoms with van der Waals surface area (Å²) in [4.78, 5) is 14.8. The highest BCUT2D eigenvalue weighted by Gasteiger charge is 2.46. The van der Waals surface area contributed by atoms with Crippen LogP contribution in [0.15, 0.2) is 30.3 Å². The van der Waals surface area contributed by atoms with E-state index in [-0.39, 0.29) is 11.9 Å². The molecular formula is C14H18N2OS3. The molecular weight excluding hydrogens is 308 g/mol. The maximum atomic E-state index is 12.4. The van der Waals surface area contributed by atoms with Crippen LogP contribution in [-0.2, 0) is 11.3 Å². The van der Waals surface area contributed by atoms with Crippen LogP contribution in [0.3, 0.4) is 0 Å². The molecule has 1 amide bonds. The van der Waals surface area contributed by atoms with Crippen LogP contribution in [0.4, 0.5) is 0 Å². The van der Waals surface area contributed by atoms with Gasteiger partial charge < -0.3 is 5.32 Å². The zero-order valence-electron chi connectivity index (χ0n) is 11.1. The number of thioether (sulfide) groups is 2. The van der Waals surface area contributed by atoms with Gasteiger partial charge in [0.15, 0.2) is 0 Å². The van der Waals surface area contributed by atoms with Gasteiger partial charge in [0.25, 0.3) is 0 Å². The molecule has 0 aliphatic carbocycles. The summed E-state index contributed by atoms with van der Waals surface area (Å²) in [6, 6.07) is 10.1. The van der Waals surface area contributed by atoms with E-state index >= 15 is 0 Å². The maximum Gasteiger partial charge on any atom is 0.238 e. The van der Waals surface area contributed by atoms with Crippen LogP contribution in [-0.4, -0.2) is 44.9 Å². The number of hydrogen-bond acceptors (Lipinski definition) is 5. The molecule has 1 N–H and O–H groups in total. The number of thiol groups is 1. The van der Waals surface area contributed by atoms with E-state index in [1.54, 1.807) is 0 Å². The Balaban J connectivity index is 1.60. The minimum absolute atomic E-state index is 0.000798. The standard InChI is InChI=1S/C14H18N2OS3/c17-14(15-6-10-4-2-1-3-5-10)11-8-19-13-9-20-12(7-18)16(11)13/h1-5,11-13,18H,6-9H2,(H,15,17)/t11-,12+,13-/m0/s1. The Bertz CT molecular complexity index is 471. The van der Waals surface area contributed by atoms with Crippen molar-refractivity contribution in [1.29, 1.82) is 0 Å². The summed E-state index contributed by atoms with van der Waals surface area (Å²) in [5.74, 6) is 2.97. The van der Waals surface area contributed by atoms with Crippen molar-refractivity contribution in [1.82, 2.24) is 10.2 Å². The predicted octanol–water partition coefficient (Wildman–Crippen LogP) is 2.05. The van der Waals surface area contributed by atoms with Crippen LogP contribution >= 0.6 is 36.2 Å². The molecule has 1 aromatic carbocycles. The Kier molecular flexibility index (Phi) is 4.86. The molecule has 108 valence electrons. The molecule has 2 aliphatic rings. The number of carbonyl (C=O) groups excluding carboxylic acids is 1. The molecule has 3 nitrogen and oxygen atoms in total. The van der Waals surface area contributed by atoms with Gasteiger partial charge in [-0.15, -0.1) is 23.5 Å². The van der Waals surface area contributed by atoms with Crippen molar-refractivity contribution in [2.24, 2.45) is 0 Å². The van der Waals surface area contributed by atoms with Crippen molar-refractivity contribution in [2.75, 3.05) is 17.3 Å². The van der Waals surface area contributed by atoms with Crippen molar-refractivity contribution in [3.63, 3.8) is 0 Å². The third kappa shape index (κ3) is 2.98. The van der Waals surface area contributed by atoms with Gasteiger partial charge in [0.05, 0.1) is 10.7 Å². The van der Waals surface area contributed by atoms with E-state index in [9.17, 15) is 4.79 Å². The number of benzene rings is 1. The van der Waals surface area contributed by atoms with Gasteiger partial charge in [-0.25, -0.2) is 0 Å². The molecule has 2 heterocycles. The maximum absolute atomic E-state index is 12.4. The molecule has 2 fully saturated rings. The van der Waals surface area contributed by atoms with Crippen LogP contribution in [0.1, 0.15) is 5.56 Å². The predicted molar refractivity (Wildman–Crippen MR) is 90.3 cm³/mol. The molecule has 2 saturated heterocycles. The topological polar surface area (TPSA) is 32.3 Å². The number of amides is 1. The third-order valence-corrected chi connectivity index (χ3v) is 7.08. The molecule has 0 spiro atoms. The fourth-order valence-electron chi connectivity index (χ4n) is 2.64. The summed E-state index contributed by atoms with van der Waals surface area (Å²) in [6.07, 6.45) is 0. The number of rotatable bonds is 4. The molecule has 0 radical (unpaired) electrons. The SMILES string of the molecule is O=C(NCc1ccccc1)[C@@H]1CS[C@H]2CS[C@H](CS)N21. The largest absolute Gasteiger partial charge is 0.351 e. The van der Waals surface area contributed by atoms with Gasteiger partial charge in [0.1, 0.15) is 6.04 Å². The normalized spacial score (nSPS) is 29.4. The Labute approximate surface area is 133 Å². The van der Waals surface area contributed by atoms with Crippen molar-refractivity contribution in [3.8, 4) is 0 Å². The van der Waals surface area contributed by atoms with Crippen molar-refractivity contribution in [2.45, 2.75) is 23.3 Å². The van der Waals surface area contributed by atoms with Crippen LogP contribution in [0, 0.1) is 0 Å². The number of hydrogen-bond donors (Lipinski definition) is 2. The summed E-state index contributed by atoms with van der Waals surface area (Å²) in [7, 11) is 0. The Morgan fingerprint density at radius 2 is 2.10 bits per heavy atom. The molecule has 3 atom stereocenters. The van der Waals surface area contributed by atoms with Crippen LogP contribution in [0.25, 0.3) is 0 Å². The second-order valence-electron chi connectivity index (χ2n) is 4.92. The van der Waals surface area contributed by atoms with E-state index < -0.39 is 0 Å². The van der Waals surface area contributed by atoms with E-state index in [1.165, 1.54) is 0 Å². The molecule has 0 saturated carbocycles. The second kappa shape index (κ2) is 6.64. The molecule has 2 aliphatic heterocycles. The molecule has 20 heavy (non-hydrogen) atoms. The number of carbonyl (C=O) groups is 1. The average molecular weight is 327 g/mol. The van der Waals surface area contributed by atoms with E-state index in [2.05, 4.69) is 22.8 Å². The van der Waals surface area contributed by atoms with Gasteiger partial charge in [0, 0.05) is 23.8 Å². The van der Waals surface area contributed by atoms with E-state index in [0.717, 1.165) is 22.8 Å². The zero-order valence-corrected chi connectivity index (χ0v) is 13.6. The number of fused-ring (bicyclic) bond motifs is 1. The second-order valence-corrected chi connectivity index (χ2v) is 7.71. The number of nitrogens with zero attached hydrogens (tertiary/aromatic N) is 1. The lowest BCUT2D eigenvalue weighted by Crippen LogP contribution is -2.48. The van der Waals surface area contributed by atoms with Gasteiger partial charge >= 0.3 is 0 Å². The van der Waals surface area contributed by atoms with Gasteiger partial charge in [-0.05, 0) is 5.56 Å². The van der Waals surface area contributed by atoms with Gasteiger partial charge in [-0.2, -0.15) is 12.6 Å². The van der Waals surface area contributed by atoms with Gasteiger partial charge in [-0.3, -0.25) is 9.69 Å². The quantitative estimate of drug-likeness (QED) is 0.830. The lowest BCUT2D eigenvalue weighted by atomic mass is 10.2. The van der Waals surface area contributed by atoms with Crippen molar-refractivity contribution in [3.05, 3.63) is 35.9 Å². The summed E-state index contributed by atoms with van der Waals surface area (Å²) in [5, 5.41) is 3.94. The fraction of sp³-hybridized carbons (Fsp3) is 0.500. The van der Waals surface area contributed by atoms with Gasteiger partial charge in [0.2, 0.25) is 5.91 Å². The van der Waals surface area contributed by atoms with E-state index in [4.69, 9.17) is 0 Å². The Hall–Kier alpha value is -0.300. The summed E-state index contributed by atoms with van der Waals surface area (Å²) < 4.78 is 0. The summed E-state index contributed by atoms with van der Waals surface area (Å²) in [5.41, 5.74) is 1.14. The molecule has 0 bridgehead atoms. The smallest absolute Gasteiger partial charge is 0.238 e. The summed E-state index contributed by atoms with van der Waals surface area (Å²) >= 11 is 8.23. The molecule has 3 rings (SSSR count). The molecule has 0 aromatic heterocycles. The average Bonchev–Trinajstić information content (AvgIpc) is 3.07. The van der Waals surface area contributed by atoms with Crippen molar-refractivity contribution >= 4 is 42.1 Å². The van der Waals surface area contributed by atoms with Crippen LogP contribution in [0.2, 0.25) is 0 Å². The highest BCUT2D eigenvalue weighted by atomic mass is 32.2.